The third-order valence-corrected chi connectivity index (χ3v) is 2.67. The molecule has 16 heavy (non-hydrogen) atoms. The summed E-state index contributed by atoms with van der Waals surface area (Å²) in [6, 6.07) is 12.8. The van der Waals surface area contributed by atoms with Crippen LogP contribution in [-0.2, 0) is 6.42 Å². The van der Waals surface area contributed by atoms with Crippen molar-refractivity contribution >= 4 is 10.8 Å². The fourth-order valence-electron chi connectivity index (χ4n) is 1.90. The van der Waals surface area contributed by atoms with Gasteiger partial charge in [-0.15, -0.1) is 0 Å². The second-order valence-electron chi connectivity index (χ2n) is 4.23. The van der Waals surface area contributed by atoms with E-state index in [-0.39, 0.29) is 6.04 Å². The van der Waals surface area contributed by atoms with E-state index in [4.69, 9.17) is 10.5 Å². The van der Waals surface area contributed by atoms with E-state index in [1.165, 1.54) is 16.3 Å². The molecular weight excluding hydrogens is 198 g/mol. The Labute approximate surface area is 96.0 Å². The molecule has 0 aliphatic heterocycles. The quantitative estimate of drug-likeness (QED) is 0.854. The van der Waals surface area contributed by atoms with Gasteiger partial charge in [0, 0.05) is 6.04 Å². The van der Waals surface area contributed by atoms with Crippen molar-refractivity contribution in [3.05, 3.63) is 42.0 Å². The second kappa shape index (κ2) is 4.54. The molecule has 0 amide bonds. The maximum absolute atomic E-state index is 5.79. The molecule has 0 bridgehead atoms. The molecule has 2 nitrogen and oxygen atoms in total. The van der Waals surface area contributed by atoms with E-state index < -0.39 is 0 Å². The molecule has 0 radical (unpaired) electrons. The van der Waals surface area contributed by atoms with Crippen molar-refractivity contribution in [3.63, 3.8) is 0 Å². The number of hydrogen-bond donors (Lipinski definition) is 1. The molecule has 2 aromatic carbocycles. The average Bonchev–Trinajstić information content (AvgIpc) is 2.27. The van der Waals surface area contributed by atoms with Crippen LogP contribution in [0, 0.1) is 0 Å². The van der Waals surface area contributed by atoms with Gasteiger partial charge in [0.15, 0.2) is 0 Å². The van der Waals surface area contributed by atoms with E-state index in [0.29, 0.717) is 0 Å². The Kier molecular flexibility index (Phi) is 3.11. The molecule has 2 N–H and O–H groups in total. The summed E-state index contributed by atoms with van der Waals surface area (Å²) in [6.45, 7) is 2.03. The lowest BCUT2D eigenvalue weighted by Crippen LogP contribution is -2.17. The lowest BCUT2D eigenvalue weighted by Gasteiger charge is -2.07. The van der Waals surface area contributed by atoms with Gasteiger partial charge in [-0.3, -0.25) is 0 Å². The van der Waals surface area contributed by atoms with Gasteiger partial charge in [-0.25, -0.2) is 0 Å². The third-order valence-electron chi connectivity index (χ3n) is 2.67. The van der Waals surface area contributed by atoms with Crippen LogP contribution in [0.25, 0.3) is 10.8 Å². The number of nitrogens with two attached hydrogens (primary N) is 1. The van der Waals surface area contributed by atoms with Crippen LogP contribution in [0.4, 0.5) is 0 Å². The Morgan fingerprint density at radius 1 is 1.12 bits per heavy atom. The maximum atomic E-state index is 5.79. The normalized spacial score (nSPS) is 12.7. The molecule has 0 spiro atoms. The Bertz CT molecular complexity index is 491. The number of benzene rings is 2. The van der Waals surface area contributed by atoms with Crippen molar-refractivity contribution in [1.82, 2.24) is 0 Å². The number of hydrogen-bond acceptors (Lipinski definition) is 2. The van der Waals surface area contributed by atoms with Gasteiger partial charge >= 0.3 is 0 Å². The molecule has 2 rings (SSSR count). The van der Waals surface area contributed by atoms with Gasteiger partial charge in [0.2, 0.25) is 0 Å². The first-order chi connectivity index (χ1) is 7.69. The van der Waals surface area contributed by atoms with Gasteiger partial charge in [-0.1, -0.05) is 24.3 Å². The summed E-state index contributed by atoms with van der Waals surface area (Å²) in [5.74, 6) is 0.896. The van der Waals surface area contributed by atoms with Gasteiger partial charge in [-0.2, -0.15) is 0 Å². The number of methoxy groups -OCH3 is 1. The molecule has 0 aliphatic carbocycles. The second-order valence-corrected chi connectivity index (χ2v) is 4.23. The van der Waals surface area contributed by atoms with Gasteiger partial charge in [-0.05, 0) is 41.8 Å². The number of ether oxygens (including phenoxy) is 1. The van der Waals surface area contributed by atoms with Crippen LogP contribution in [0.3, 0.4) is 0 Å². The molecular formula is C14H17NO. The van der Waals surface area contributed by atoms with Crippen molar-refractivity contribution in [2.75, 3.05) is 7.11 Å². The van der Waals surface area contributed by atoms with Crippen molar-refractivity contribution in [1.29, 1.82) is 0 Å². The average molecular weight is 215 g/mol. The molecule has 0 aromatic heterocycles. The fourth-order valence-corrected chi connectivity index (χ4v) is 1.90. The molecule has 1 atom stereocenters. The SMILES string of the molecule is COc1ccc2cc(C[C@H](C)N)ccc2c1. The summed E-state index contributed by atoms with van der Waals surface area (Å²) >= 11 is 0. The van der Waals surface area contributed by atoms with Crippen LogP contribution < -0.4 is 10.5 Å². The first kappa shape index (κ1) is 11.0. The van der Waals surface area contributed by atoms with E-state index >= 15 is 0 Å². The topological polar surface area (TPSA) is 35.2 Å². The summed E-state index contributed by atoms with van der Waals surface area (Å²) in [4.78, 5) is 0. The largest absolute Gasteiger partial charge is 0.497 e. The first-order valence-corrected chi connectivity index (χ1v) is 5.51. The van der Waals surface area contributed by atoms with E-state index in [9.17, 15) is 0 Å². The van der Waals surface area contributed by atoms with E-state index in [1.54, 1.807) is 7.11 Å². The zero-order valence-corrected chi connectivity index (χ0v) is 9.73. The Balaban J connectivity index is 2.39. The van der Waals surface area contributed by atoms with Crippen molar-refractivity contribution < 1.29 is 4.74 Å². The summed E-state index contributed by atoms with van der Waals surface area (Å²) in [5.41, 5.74) is 7.08. The molecule has 2 aromatic rings. The van der Waals surface area contributed by atoms with Crippen LogP contribution in [0.15, 0.2) is 36.4 Å². The zero-order chi connectivity index (χ0) is 11.5. The van der Waals surface area contributed by atoms with Gasteiger partial charge in [0.25, 0.3) is 0 Å². The van der Waals surface area contributed by atoms with E-state index in [0.717, 1.165) is 12.2 Å². The van der Waals surface area contributed by atoms with Crippen molar-refractivity contribution in [2.24, 2.45) is 5.73 Å². The van der Waals surface area contributed by atoms with Gasteiger partial charge in [0.1, 0.15) is 5.75 Å². The molecule has 84 valence electrons. The van der Waals surface area contributed by atoms with Crippen LogP contribution in [-0.4, -0.2) is 13.2 Å². The van der Waals surface area contributed by atoms with Gasteiger partial charge in [0.05, 0.1) is 7.11 Å². The molecule has 2 heteroatoms. The minimum atomic E-state index is 0.204. The Morgan fingerprint density at radius 3 is 2.50 bits per heavy atom. The minimum absolute atomic E-state index is 0.204. The van der Waals surface area contributed by atoms with Crippen LogP contribution >= 0.6 is 0 Å². The molecule has 0 fully saturated rings. The van der Waals surface area contributed by atoms with E-state index in [2.05, 4.69) is 24.3 Å². The smallest absolute Gasteiger partial charge is 0.119 e. The number of rotatable bonds is 3. The Morgan fingerprint density at radius 2 is 1.81 bits per heavy atom. The monoisotopic (exact) mass is 215 g/mol. The number of fused-ring (bicyclic) bond motifs is 1. The molecule has 0 aliphatic rings. The van der Waals surface area contributed by atoms with Crippen molar-refractivity contribution in [2.45, 2.75) is 19.4 Å². The highest BCUT2D eigenvalue weighted by Gasteiger charge is 2.01. The molecule has 0 saturated heterocycles. The highest BCUT2D eigenvalue weighted by atomic mass is 16.5. The van der Waals surface area contributed by atoms with Gasteiger partial charge < -0.3 is 10.5 Å². The summed E-state index contributed by atoms with van der Waals surface area (Å²) < 4.78 is 5.20. The van der Waals surface area contributed by atoms with Crippen LogP contribution in [0.2, 0.25) is 0 Å². The summed E-state index contributed by atoms with van der Waals surface area (Å²) in [7, 11) is 1.69. The van der Waals surface area contributed by atoms with E-state index in [1.807, 2.05) is 19.1 Å². The predicted octanol–water partition coefficient (Wildman–Crippen LogP) is 2.74. The highest BCUT2D eigenvalue weighted by molar-refractivity contribution is 5.84. The lowest BCUT2D eigenvalue weighted by molar-refractivity contribution is 0.415. The lowest BCUT2D eigenvalue weighted by atomic mass is 10.0. The Hall–Kier alpha value is -1.54. The highest BCUT2D eigenvalue weighted by Crippen LogP contribution is 2.22. The maximum Gasteiger partial charge on any atom is 0.119 e. The summed E-state index contributed by atoms with van der Waals surface area (Å²) in [6.07, 6.45) is 0.919. The standard InChI is InChI=1S/C14H17NO/c1-10(15)7-11-3-4-13-9-14(16-2)6-5-12(13)8-11/h3-6,8-10H,7,15H2,1-2H3/t10-/m0/s1. The first-order valence-electron chi connectivity index (χ1n) is 5.51. The molecule has 0 unspecified atom stereocenters. The predicted molar refractivity (Wildman–Crippen MR) is 67.9 cm³/mol. The minimum Gasteiger partial charge on any atom is -0.497 e. The third kappa shape index (κ3) is 2.34. The zero-order valence-electron chi connectivity index (χ0n) is 9.73. The fraction of sp³-hybridized carbons (Fsp3) is 0.286. The molecule has 0 heterocycles. The van der Waals surface area contributed by atoms with Crippen molar-refractivity contribution in [3.8, 4) is 5.75 Å². The molecule has 0 saturated carbocycles. The van der Waals surface area contributed by atoms with Crippen LogP contribution in [0.1, 0.15) is 12.5 Å². The van der Waals surface area contributed by atoms with Crippen LogP contribution in [0.5, 0.6) is 5.75 Å². The summed E-state index contributed by atoms with van der Waals surface area (Å²) in [5, 5.41) is 2.44.